The fraction of sp³-hybridized carbons (Fsp3) is 0.500. The largest absolute Gasteiger partial charge is 0.388 e. The highest BCUT2D eigenvalue weighted by atomic mass is 16.3. The Balaban J connectivity index is 1.13. The number of anilines is 1. The fourth-order valence-corrected chi connectivity index (χ4v) is 4.74. The van der Waals surface area contributed by atoms with E-state index in [4.69, 9.17) is 0 Å². The van der Waals surface area contributed by atoms with Gasteiger partial charge in [0.1, 0.15) is 0 Å². The summed E-state index contributed by atoms with van der Waals surface area (Å²) in [6.45, 7) is 7.33. The number of amides is 1. The Bertz CT molecular complexity index is 930. The van der Waals surface area contributed by atoms with E-state index in [-0.39, 0.29) is 12.0 Å². The van der Waals surface area contributed by atoms with Crippen LogP contribution in [0.2, 0.25) is 0 Å². The Morgan fingerprint density at radius 2 is 1.90 bits per heavy atom. The Morgan fingerprint density at radius 3 is 2.59 bits per heavy atom. The molecule has 1 aromatic carbocycles. The zero-order valence-electron chi connectivity index (χ0n) is 17.3. The highest BCUT2D eigenvalue weighted by Gasteiger charge is 2.34. The first kappa shape index (κ1) is 18.6. The average Bonchev–Trinajstić information content (AvgIpc) is 3.43. The third kappa shape index (κ3) is 3.64. The summed E-state index contributed by atoms with van der Waals surface area (Å²) in [5.41, 5.74) is 6.78. The lowest BCUT2D eigenvalue weighted by atomic mass is 9.94. The standard InChI is InChI=1S/C24H29N3O2/c1-15-9-16(2)25-22-14-27(13-21(15)22)23(28)10-17-11-26(12-17)20-7-5-19(6-8-20)24(29)18-3-4-18/h5-9,17-18,24,29H,3-4,10-14H2,1-2H3. The van der Waals surface area contributed by atoms with Gasteiger partial charge in [0.15, 0.2) is 0 Å². The zero-order chi connectivity index (χ0) is 20.1. The van der Waals surface area contributed by atoms with E-state index in [0.717, 1.165) is 42.9 Å². The monoisotopic (exact) mass is 391 g/mol. The number of aryl methyl sites for hydroxylation is 2. The molecule has 0 radical (unpaired) electrons. The number of aliphatic hydroxyl groups excluding tert-OH is 1. The maximum absolute atomic E-state index is 12.8. The molecule has 3 heterocycles. The van der Waals surface area contributed by atoms with Crippen LogP contribution in [0.25, 0.3) is 0 Å². The third-order valence-electron chi connectivity index (χ3n) is 6.69. The van der Waals surface area contributed by atoms with E-state index < -0.39 is 0 Å². The van der Waals surface area contributed by atoms with Crippen LogP contribution in [0.1, 0.15) is 53.4 Å². The van der Waals surface area contributed by atoms with E-state index in [1.807, 2.05) is 11.8 Å². The molecule has 0 bridgehead atoms. The molecule has 0 spiro atoms. The van der Waals surface area contributed by atoms with Crippen LogP contribution in [0.3, 0.4) is 0 Å². The summed E-state index contributed by atoms with van der Waals surface area (Å²) in [6.07, 6.45) is 2.59. The quantitative estimate of drug-likeness (QED) is 0.847. The SMILES string of the molecule is Cc1cc(C)c2c(n1)CN(C(=O)CC1CN(c3ccc(C(O)C4CC4)cc3)C1)C2. The van der Waals surface area contributed by atoms with Crippen molar-refractivity contribution in [3.63, 3.8) is 0 Å². The highest BCUT2D eigenvalue weighted by molar-refractivity contribution is 5.77. The normalized spacial score (nSPS) is 19.8. The number of benzene rings is 1. The summed E-state index contributed by atoms with van der Waals surface area (Å²) in [6, 6.07) is 10.4. The number of hydrogen-bond acceptors (Lipinski definition) is 4. The lowest BCUT2D eigenvalue weighted by Gasteiger charge is -2.41. The number of rotatable bonds is 5. The van der Waals surface area contributed by atoms with E-state index in [1.165, 1.54) is 16.8 Å². The van der Waals surface area contributed by atoms with Gasteiger partial charge in [0, 0.05) is 43.4 Å². The number of carbonyl (C=O) groups is 1. The Morgan fingerprint density at radius 1 is 1.17 bits per heavy atom. The second kappa shape index (κ2) is 7.13. The van der Waals surface area contributed by atoms with Gasteiger partial charge in [-0.25, -0.2) is 0 Å². The molecule has 3 aliphatic rings. The second-order valence-corrected chi connectivity index (χ2v) is 9.10. The predicted molar refractivity (Wildman–Crippen MR) is 112 cm³/mol. The zero-order valence-corrected chi connectivity index (χ0v) is 17.3. The number of aliphatic hydroxyl groups is 1. The van der Waals surface area contributed by atoms with Crippen LogP contribution in [0.5, 0.6) is 0 Å². The summed E-state index contributed by atoms with van der Waals surface area (Å²) in [5, 5.41) is 10.2. The number of carbonyl (C=O) groups excluding carboxylic acids is 1. The lowest BCUT2D eigenvalue weighted by molar-refractivity contribution is -0.133. The second-order valence-electron chi connectivity index (χ2n) is 9.10. The van der Waals surface area contributed by atoms with Crippen LogP contribution in [0.15, 0.2) is 30.3 Å². The summed E-state index contributed by atoms with van der Waals surface area (Å²) in [5.74, 6) is 1.12. The van der Waals surface area contributed by atoms with Gasteiger partial charge in [0.05, 0.1) is 18.3 Å². The van der Waals surface area contributed by atoms with Gasteiger partial charge >= 0.3 is 0 Å². The molecule has 1 amide bonds. The minimum absolute atomic E-state index is 0.243. The molecular weight excluding hydrogens is 362 g/mol. The molecule has 1 atom stereocenters. The molecular formula is C24H29N3O2. The molecule has 1 aromatic heterocycles. The van der Waals surface area contributed by atoms with Crippen molar-refractivity contribution in [3.8, 4) is 0 Å². The van der Waals surface area contributed by atoms with Gasteiger partial charge in [-0.3, -0.25) is 9.78 Å². The van der Waals surface area contributed by atoms with Crippen LogP contribution in [0.4, 0.5) is 5.69 Å². The minimum atomic E-state index is -0.308. The maximum Gasteiger partial charge on any atom is 0.223 e. The molecule has 5 heteroatoms. The van der Waals surface area contributed by atoms with Gasteiger partial charge in [0.2, 0.25) is 5.91 Å². The Hall–Kier alpha value is -2.40. The van der Waals surface area contributed by atoms with E-state index in [9.17, 15) is 9.90 Å². The van der Waals surface area contributed by atoms with Crippen LogP contribution in [0, 0.1) is 25.7 Å². The molecule has 2 aromatic rings. The van der Waals surface area contributed by atoms with Crippen molar-refractivity contribution in [1.29, 1.82) is 0 Å². The van der Waals surface area contributed by atoms with Gasteiger partial charge < -0.3 is 14.9 Å². The number of fused-ring (bicyclic) bond motifs is 1. The van der Waals surface area contributed by atoms with Crippen LogP contribution in [-0.4, -0.2) is 34.0 Å². The number of nitrogens with zero attached hydrogens (tertiary/aromatic N) is 3. The molecule has 5 nitrogen and oxygen atoms in total. The van der Waals surface area contributed by atoms with Gasteiger partial charge in [0.25, 0.3) is 0 Å². The molecule has 2 fully saturated rings. The molecule has 1 saturated heterocycles. The summed E-state index contributed by atoms with van der Waals surface area (Å²) in [7, 11) is 0. The Labute approximate surface area is 172 Å². The number of pyridine rings is 1. The summed E-state index contributed by atoms with van der Waals surface area (Å²) >= 11 is 0. The average molecular weight is 392 g/mol. The van der Waals surface area contributed by atoms with E-state index in [1.54, 1.807) is 0 Å². The molecule has 1 saturated carbocycles. The van der Waals surface area contributed by atoms with Crippen molar-refractivity contribution in [2.75, 3.05) is 18.0 Å². The van der Waals surface area contributed by atoms with Gasteiger partial charge in [-0.15, -0.1) is 0 Å². The van der Waals surface area contributed by atoms with Crippen molar-refractivity contribution in [3.05, 3.63) is 58.4 Å². The van der Waals surface area contributed by atoms with Crippen molar-refractivity contribution in [2.24, 2.45) is 11.8 Å². The molecule has 1 unspecified atom stereocenters. The summed E-state index contributed by atoms with van der Waals surface area (Å²) in [4.78, 5) is 21.7. The molecule has 29 heavy (non-hydrogen) atoms. The fourth-order valence-electron chi connectivity index (χ4n) is 4.74. The summed E-state index contributed by atoms with van der Waals surface area (Å²) < 4.78 is 0. The lowest BCUT2D eigenvalue weighted by Crippen LogP contribution is -2.48. The smallest absolute Gasteiger partial charge is 0.223 e. The highest BCUT2D eigenvalue weighted by Crippen LogP contribution is 2.41. The van der Waals surface area contributed by atoms with Crippen molar-refractivity contribution < 1.29 is 9.90 Å². The van der Waals surface area contributed by atoms with E-state index >= 15 is 0 Å². The van der Waals surface area contributed by atoms with Crippen LogP contribution >= 0.6 is 0 Å². The molecule has 2 aliphatic heterocycles. The van der Waals surface area contributed by atoms with Crippen molar-refractivity contribution in [2.45, 2.75) is 52.3 Å². The van der Waals surface area contributed by atoms with Gasteiger partial charge in [-0.2, -0.15) is 0 Å². The first-order valence-corrected chi connectivity index (χ1v) is 10.7. The molecule has 1 aliphatic carbocycles. The first-order valence-electron chi connectivity index (χ1n) is 10.7. The van der Waals surface area contributed by atoms with Crippen molar-refractivity contribution >= 4 is 11.6 Å². The molecule has 5 rings (SSSR count). The molecule has 152 valence electrons. The van der Waals surface area contributed by atoms with Gasteiger partial charge in [-0.05, 0) is 67.5 Å². The predicted octanol–water partition coefficient (Wildman–Crippen LogP) is 3.51. The van der Waals surface area contributed by atoms with Crippen LogP contribution < -0.4 is 4.90 Å². The number of hydrogen-bond donors (Lipinski definition) is 1. The first-order chi connectivity index (χ1) is 14.0. The topological polar surface area (TPSA) is 56.7 Å². The Kier molecular flexibility index (Phi) is 4.58. The third-order valence-corrected chi connectivity index (χ3v) is 6.69. The molecule has 1 N–H and O–H groups in total. The van der Waals surface area contributed by atoms with E-state index in [0.29, 0.717) is 31.3 Å². The minimum Gasteiger partial charge on any atom is -0.388 e. The van der Waals surface area contributed by atoms with Crippen LogP contribution in [-0.2, 0) is 17.9 Å². The maximum atomic E-state index is 12.8. The van der Waals surface area contributed by atoms with Crippen molar-refractivity contribution in [1.82, 2.24) is 9.88 Å². The van der Waals surface area contributed by atoms with E-state index in [2.05, 4.69) is 47.1 Å². The number of aromatic nitrogens is 1. The van der Waals surface area contributed by atoms with Gasteiger partial charge in [-0.1, -0.05) is 12.1 Å².